The van der Waals surface area contributed by atoms with E-state index >= 15 is 9.59 Å². The number of amides is 1. The lowest BCUT2D eigenvalue weighted by molar-refractivity contribution is -0.346. The molecule has 4 N–H and O–H groups in total. The van der Waals surface area contributed by atoms with Crippen LogP contribution in [0.5, 0.6) is 0 Å². The molecule has 3 aromatic carbocycles. The van der Waals surface area contributed by atoms with Crippen LogP contribution in [-0.2, 0) is 72.0 Å². The van der Waals surface area contributed by atoms with E-state index in [9.17, 15) is 47.4 Å². The fourth-order valence-electron chi connectivity index (χ4n) is 11.4. The summed E-state index contributed by atoms with van der Waals surface area (Å²) in [5.74, 6) is -8.15. The molecular formula is C56H65NO21S3. The number of carbonyl (C=O) groups is 8. The van der Waals surface area contributed by atoms with Crippen molar-refractivity contribution in [2.45, 2.75) is 121 Å². The lowest BCUT2D eigenvalue weighted by Crippen LogP contribution is -2.82. The highest BCUT2D eigenvalue weighted by atomic mass is 33.1. The van der Waals surface area contributed by atoms with Crippen molar-refractivity contribution in [2.24, 2.45) is 16.7 Å². The Morgan fingerprint density at radius 1 is 0.815 bits per heavy atom. The monoisotopic (exact) mass is 1180 g/mol. The molecule has 0 spiro atoms. The topological polar surface area (TPSA) is 317 Å². The molecule has 1 amide bonds. The van der Waals surface area contributed by atoms with E-state index in [1.807, 2.05) is 0 Å². The molecule has 7 rings (SSSR count). The van der Waals surface area contributed by atoms with Crippen molar-refractivity contribution >= 4 is 79.4 Å². The van der Waals surface area contributed by atoms with Crippen molar-refractivity contribution < 1.29 is 99.4 Å². The number of nitrogens with one attached hydrogen (secondary N) is 1. The van der Waals surface area contributed by atoms with E-state index in [0.29, 0.717) is 5.75 Å². The number of fused-ring (bicyclic) bond motifs is 5. The predicted octanol–water partition coefficient (Wildman–Crippen LogP) is 5.49. The molecule has 3 aliphatic carbocycles. The SMILES string of the molecule is CC(=O)O[C@H]1C(=O)[C@@]2(C)[C@H]([C@H](OC(=O)c3ccccc3)[C@]3(O)C[C@H](OC(=O)[C@H](OC(=O)OCCSSCCOC(=O)CCCS(=O)(=O)O)[C@@H](NC(=O)c4ccccc4)c4ccccc4)C(C)=C1C3(C)C)[C@]1(OC(C)=O)CO[C@@H]1C[C@@H]2O. The molecular weight excluding hydrogens is 1120 g/mol. The van der Waals surface area contributed by atoms with Crippen LogP contribution in [0.15, 0.2) is 102 Å². The van der Waals surface area contributed by atoms with Crippen molar-refractivity contribution in [3.8, 4) is 0 Å². The summed E-state index contributed by atoms with van der Waals surface area (Å²) >= 11 is 0. The molecule has 1 aliphatic heterocycles. The van der Waals surface area contributed by atoms with Gasteiger partial charge in [0.1, 0.15) is 43.2 Å². The van der Waals surface area contributed by atoms with Gasteiger partial charge in [0, 0.05) is 55.6 Å². The predicted molar refractivity (Wildman–Crippen MR) is 289 cm³/mol. The van der Waals surface area contributed by atoms with Crippen LogP contribution in [0.2, 0.25) is 0 Å². The summed E-state index contributed by atoms with van der Waals surface area (Å²) in [7, 11) is -1.74. The van der Waals surface area contributed by atoms with Crippen molar-refractivity contribution in [2.75, 3.05) is 37.1 Å². The minimum absolute atomic E-state index is 0.0129. The number of benzene rings is 3. The molecule has 11 atom stereocenters. The zero-order valence-corrected chi connectivity index (χ0v) is 47.7. The molecule has 1 heterocycles. The highest BCUT2D eigenvalue weighted by molar-refractivity contribution is 8.76. The van der Waals surface area contributed by atoms with Gasteiger partial charge in [-0.05, 0) is 61.2 Å². The van der Waals surface area contributed by atoms with E-state index in [4.69, 9.17) is 42.4 Å². The van der Waals surface area contributed by atoms with Crippen LogP contribution in [-0.4, -0.2) is 156 Å². The van der Waals surface area contributed by atoms with Gasteiger partial charge >= 0.3 is 36.0 Å². The Bertz CT molecular complexity index is 2980. The van der Waals surface area contributed by atoms with Crippen LogP contribution < -0.4 is 5.32 Å². The lowest BCUT2D eigenvalue weighted by atomic mass is 9.44. The first kappa shape index (κ1) is 62.3. The number of hydrogen-bond donors (Lipinski definition) is 4. The Balaban J connectivity index is 1.26. The number of ketones is 1. The molecule has 81 heavy (non-hydrogen) atoms. The molecule has 0 unspecified atom stereocenters. The average molecular weight is 1180 g/mol. The Labute approximate surface area is 475 Å². The maximum Gasteiger partial charge on any atom is 0.509 e. The molecule has 4 aliphatic rings. The summed E-state index contributed by atoms with van der Waals surface area (Å²) in [5, 5.41) is 29.0. The zero-order valence-electron chi connectivity index (χ0n) is 45.3. The molecule has 25 heteroatoms. The number of esters is 5. The van der Waals surface area contributed by atoms with Gasteiger partial charge in [0.2, 0.25) is 6.10 Å². The van der Waals surface area contributed by atoms with Crippen LogP contribution >= 0.6 is 21.6 Å². The Morgan fingerprint density at radius 3 is 1.98 bits per heavy atom. The quantitative estimate of drug-likeness (QED) is 0.0241. The first-order valence-electron chi connectivity index (χ1n) is 26.0. The normalized spacial score (nSPS) is 27.1. The highest BCUT2D eigenvalue weighted by Gasteiger charge is 2.78. The minimum Gasteiger partial charge on any atom is -0.465 e. The Kier molecular flexibility index (Phi) is 19.9. The zero-order chi connectivity index (χ0) is 59.1. The molecule has 3 aromatic rings. The van der Waals surface area contributed by atoms with Gasteiger partial charge in [-0.3, -0.25) is 28.5 Å². The third-order valence-corrected chi connectivity index (χ3v) is 18.5. The molecule has 2 bridgehead atoms. The maximum absolute atomic E-state index is 15.8. The van der Waals surface area contributed by atoms with Crippen molar-refractivity contribution in [3.05, 3.63) is 119 Å². The van der Waals surface area contributed by atoms with Crippen LogP contribution in [0.3, 0.4) is 0 Å². The molecule has 438 valence electrons. The molecule has 0 aromatic heterocycles. The molecule has 0 radical (unpaired) electrons. The standard InChI is InChI=1S/C56H65NO21S3/c1-32-38(75-51(65)45(43(35-17-10-7-11-18-35)57-49(63)36-19-12-8-13-20-36)76-52(66)72-25-27-80-79-26-24-71-41(61)23-16-28-81(68,69)70)30-56(67)48(77-50(64)37-21-14-9-15-22-37)46-54(6,39(60)29-40-55(46,31-73-40)78-34(3)59)47(62)44(74-33(2)58)42(32)53(56,4)5/h7-15,17-22,38-40,43-46,48,60,67H,16,23-31H2,1-6H3,(H,57,63)(H,68,69,70)/t38-,39-,40+,43-,44+,45+,46-,48-,54+,55-,56+/m0/s1. The molecule has 2 saturated carbocycles. The fraction of sp³-hybridized carbons (Fsp3) is 0.500. The number of aliphatic hydroxyl groups is 2. The second kappa shape index (κ2) is 25.8. The fourth-order valence-corrected chi connectivity index (χ4v) is 13.5. The van der Waals surface area contributed by atoms with Gasteiger partial charge in [0.05, 0.1) is 35.4 Å². The lowest BCUT2D eigenvalue weighted by Gasteiger charge is -2.67. The Hall–Kier alpha value is -6.35. The van der Waals surface area contributed by atoms with Crippen molar-refractivity contribution in [3.63, 3.8) is 0 Å². The van der Waals surface area contributed by atoms with E-state index in [2.05, 4.69) is 5.32 Å². The summed E-state index contributed by atoms with van der Waals surface area (Å²) in [6, 6.07) is 22.1. The van der Waals surface area contributed by atoms with Gasteiger partial charge in [-0.1, -0.05) is 102 Å². The number of aliphatic hydroxyl groups excluding tert-OH is 1. The molecule has 22 nitrogen and oxygen atoms in total. The van der Waals surface area contributed by atoms with E-state index in [-0.39, 0.29) is 72.7 Å². The van der Waals surface area contributed by atoms with Crippen molar-refractivity contribution in [1.82, 2.24) is 5.32 Å². The number of ether oxygens (including phenoxy) is 8. The van der Waals surface area contributed by atoms with Gasteiger partial charge in [-0.2, -0.15) is 8.42 Å². The number of hydrogen-bond acceptors (Lipinski definition) is 22. The summed E-state index contributed by atoms with van der Waals surface area (Å²) < 4.78 is 77.8. The van der Waals surface area contributed by atoms with Gasteiger partial charge in [-0.25, -0.2) is 14.4 Å². The Morgan fingerprint density at radius 2 is 1.41 bits per heavy atom. The summed E-state index contributed by atoms with van der Waals surface area (Å²) in [6.45, 7) is 7.37. The molecule has 1 saturated heterocycles. The third kappa shape index (κ3) is 13.6. The summed E-state index contributed by atoms with van der Waals surface area (Å²) in [5.41, 5.74) is -7.89. The van der Waals surface area contributed by atoms with Gasteiger partial charge < -0.3 is 53.4 Å². The largest absolute Gasteiger partial charge is 0.509 e. The van der Waals surface area contributed by atoms with Crippen LogP contribution in [0.1, 0.15) is 99.5 Å². The van der Waals surface area contributed by atoms with E-state index < -0.39 is 141 Å². The summed E-state index contributed by atoms with van der Waals surface area (Å²) in [4.78, 5) is 112. The number of carbonyl (C=O) groups excluding carboxylic acids is 8. The van der Waals surface area contributed by atoms with E-state index in [1.165, 1.54) is 73.5 Å². The van der Waals surface area contributed by atoms with Crippen LogP contribution in [0, 0.1) is 16.7 Å². The smallest absolute Gasteiger partial charge is 0.465 e. The van der Waals surface area contributed by atoms with Gasteiger partial charge in [-0.15, -0.1) is 0 Å². The first-order valence-corrected chi connectivity index (χ1v) is 30.0. The maximum atomic E-state index is 15.8. The first-order chi connectivity index (χ1) is 38.2. The van der Waals surface area contributed by atoms with Crippen molar-refractivity contribution in [1.29, 1.82) is 0 Å². The average Bonchev–Trinajstić information content (AvgIpc) is 2.89. The van der Waals surface area contributed by atoms with Crippen LogP contribution in [0.4, 0.5) is 4.79 Å². The van der Waals surface area contributed by atoms with Crippen LogP contribution in [0.25, 0.3) is 0 Å². The highest BCUT2D eigenvalue weighted by Crippen LogP contribution is 2.64. The van der Waals surface area contributed by atoms with Gasteiger partial charge in [0.15, 0.2) is 17.5 Å². The second-order valence-corrected chi connectivity index (χ2v) is 25.1. The number of Topliss-reactive ketones (excluding diaryl/α,β-unsaturated/α-hetero) is 1. The van der Waals surface area contributed by atoms with E-state index in [1.54, 1.807) is 66.7 Å². The van der Waals surface area contributed by atoms with E-state index in [0.717, 1.165) is 13.8 Å². The third-order valence-electron chi connectivity index (χ3n) is 15.4. The molecule has 3 fully saturated rings. The second-order valence-electron chi connectivity index (χ2n) is 20.8. The van der Waals surface area contributed by atoms with Gasteiger partial charge in [0.25, 0.3) is 16.0 Å². The minimum atomic E-state index is -4.22. The number of rotatable bonds is 22. The summed E-state index contributed by atoms with van der Waals surface area (Å²) in [6.07, 6.45) is -13.0.